The van der Waals surface area contributed by atoms with E-state index in [9.17, 15) is 0 Å². The minimum absolute atomic E-state index is 0.0760. The molecule has 1 unspecified atom stereocenters. The maximum atomic E-state index is 7.06. The molecule has 1 atom stereocenters. The third-order valence-electron chi connectivity index (χ3n) is 7.53. The third kappa shape index (κ3) is 5.91. The summed E-state index contributed by atoms with van der Waals surface area (Å²) in [6, 6.07) is 21.7. The topological polar surface area (TPSA) is 18.5 Å². The van der Waals surface area contributed by atoms with E-state index >= 15 is 0 Å². The van der Waals surface area contributed by atoms with Gasteiger partial charge in [0, 0.05) is 16.7 Å². The molecule has 4 rings (SSSR count). The second kappa shape index (κ2) is 10.5. The van der Waals surface area contributed by atoms with Crippen molar-refractivity contribution in [1.82, 2.24) is 0 Å². The molecule has 37 heavy (non-hydrogen) atoms. The van der Waals surface area contributed by atoms with Crippen LogP contribution in [0.5, 0.6) is 11.5 Å². The Balaban J connectivity index is 1.85. The molecule has 3 heteroatoms. The molecule has 3 aromatic carbocycles. The van der Waals surface area contributed by atoms with Gasteiger partial charge in [-0.2, -0.15) is 0 Å². The van der Waals surface area contributed by atoms with Crippen LogP contribution in [0.15, 0.2) is 60.7 Å². The fraction of sp³-hybridized carbons (Fsp3) is 0.471. The van der Waals surface area contributed by atoms with E-state index in [0.717, 1.165) is 22.4 Å². The number of para-hydroxylation sites is 1. The molecule has 0 spiro atoms. The van der Waals surface area contributed by atoms with Crippen LogP contribution in [0.2, 0.25) is 0 Å². The summed E-state index contributed by atoms with van der Waals surface area (Å²) in [6.07, 6.45) is 4.98. The van der Waals surface area contributed by atoms with Crippen molar-refractivity contribution in [2.45, 2.75) is 104 Å². The molecule has 0 N–H and O–H groups in total. The molecule has 198 valence electrons. The Kier molecular flexibility index (Phi) is 7.83. The van der Waals surface area contributed by atoms with Crippen molar-refractivity contribution in [2.24, 2.45) is 0 Å². The minimum atomic E-state index is -1.33. The summed E-state index contributed by atoms with van der Waals surface area (Å²) >= 11 is 0. The first-order chi connectivity index (χ1) is 17.3. The summed E-state index contributed by atoms with van der Waals surface area (Å²) < 4.78 is 13.7. The largest absolute Gasteiger partial charge is 0.435 e. The van der Waals surface area contributed by atoms with E-state index in [1.54, 1.807) is 0 Å². The first-order valence-electron chi connectivity index (χ1n) is 13.9. The van der Waals surface area contributed by atoms with Crippen LogP contribution in [0.4, 0.5) is 0 Å². The lowest BCUT2D eigenvalue weighted by atomic mass is 9.73. The molecule has 1 heterocycles. The van der Waals surface area contributed by atoms with Crippen molar-refractivity contribution >= 4 is 13.7 Å². The normalized spacial score (nSPS) is 15.5. The van der Waals surface area contributed by atoms with E-state index in [0.29, 0.717) is 0 Å². The Bertz CT molecular complexity index is 1210. The third-order valence-corrected chi connectivity index (χ3v) is 9.02. The van der Waals surface area contributed by atoms with E-state index in [4.69, 9.17) is 9.05 Å². The number of unbranched alkanes of at least 4 members (excludes halogenated alkanes) is 2. The quantitative estimate of drug-likeness (QED) is 0.230. The smallest absolute Gasteiger partial charge is 0.326 e. The predicted octanol–water partition coefficient (Wildman–Crippen LogP) is 10.2. The van der Waals surface area contributed by atoms with Crippen LogP contribution in [-0.2, 0) is 16.2 Å². The van der Waals surface area contributed by atoms with Crippen LogP contribution in [0.25, 0.3) is 11.1 Å². The highest BCUT2D eigenvalue weighted by Gasteiger charge is 2.35. The number of rotatable bonds is 7. The van der Waals surface area contributed by atoms with E-state index in [-0.39, 0.29) is 16.2 Å². The number of fused-ring (bicyclic) bond motifs is 3. The second-order valence-electron chi connectivity index (χ2n) is 13.2. The van der Waals surface area contributed by atoms with Gasteiger partial charge in [-0.3, -0.25) is 0 Å². The second-order valence-corrected chi connectivity index (χ2v) is 14.6. The molecule has 0 aromatic heterocycles. The van der Waals surface area contributed by atoms with Crippen LogP contribution in [-0.4, -0.2) is 0 Å². The van der Waals surface area contributed by atoms with Gasteiger partial charge >= 0.3 is 8.38 Å². The molecular formula is C34H45O2P. The molecule has 1 aliphatic heterocycles. The Labute approximate surface area is 226 Å². The van der Waals surface area contributed by atoms with Crippen molar-refractivity contribution in [3.63, 3.8) is 0 Å². The Hall–Kier alpha value is -2.31. The molecule has 1 aliphatic rings. The highest BCUT2D eigenvalue weighted by Crippen LogP contribution is 2.53. The Morgan fingerprint density at radius 1 is 0.730 bits per heavy atom. The summed E-state index contributed by atoms with van der Waals surface area (Å²) in [5.41, 5.74) is 6.23. The van der Waals surface area contributed by atoms with Crippen molar-refractivity contribution in [2.75, 3.05) is 0 Å². The summed E-state index contributed by atoms with van der Waals surface area (Å²) in [6.45, 7) is 20.9. The van der Waals surface area contributed by atoms with Gasteiger partial charge in [0.1, 0.15) is 11.5 Å². The lowest BCUT2D eigenvalue weighted by molar-refractivity contribution is 0.437. The van der Waals surface area contributed by atoms with Gasteiger partial charge < -0.3 is 9.05 Å². The van der Waals surface area contributed by atoms with Gasteiger partial charge in [0.2, 0.25) is 0 Å². The van der Waals surface area contributed by atoms with E-state index in [2.05, 4.69) is 117 Å². The predicted molar refractivity (Wildman–Crippen MR) is 161 cm³/mol. The van der Waals surface area contributed by atoms with E-state index < -0.39 is 8.38 Å². The molecule has 3 aromatic rings. The van der Waals surface area contributed by atoms with Gasteiger partial charge in [0.05, 0.1) is 5.30 Å². The zero-order chi connectivity index (χ0) is 27.0. The first kappa shape index (κ1) is 27.7. The summed E-state index contributed by atoms with van der Waals surface area (Å²) in [7, 11) is -1.33. The molecular weight excluding hydrogens is 471 g/mol. The van der Waals surface area contributed by atoms with Crippen LogP contribution in [0.3, 0.4) is 0 Å². The summed E-state index contributed by atoms with van der Waals surface area (Å²) in [4.78, 5) is 0. The van der Waals surface area contributed by atoms with Gasteiger partial charge in [-0.05, 0) is 45.9 Å². The average molecular weight is 517 g/mol. The van der Waals surface area contributed by atoms with Crippen molar-refractivity contribution < 1.29 is 9.05 Å². The maximum absolute atomic E-state index is 7.06. The van der Waals surface area contributed by atoms with Gasteiger partial charge in [0.15, 0.2) is 0 Å². The van der Waals surface area contributed by atoms with E-state index in [1.807, 2.05) is 6.07 Å². The fourth-order valence-corrected chi connectivity index (χ4v) is 6.65. The summed E-state index contributed by atoms with van der Waals surface area (Å²) in [5, 5.41) is 1.14. The number of benzene rings is 3. The highest BCUT2D eigenvalue weighted by molar-refractivity contribution is 7.57. The Morgan fingerprint density at radius 3 is 1.89 bits per heavy atom. The standard InChI is InChI=1S/C34H45O2P/c1-10-11-16-21-34(8,9)24-22-27(32(2,3)4)31(28(23-24)33(5,6)7)36-37-30-20-15-13-18-26(30)25-17-12-14-19-29(25)35-37/h12-15,17-20,22-23H,10-11,16,21H2,1-9H3. The van der Waals surface area contributed by atoms with Gasteiger partial charge in [0.25, 0.3) is 0 Å². The first-order valence-corrected chi connectivity index (χ1v) is 15.0. The van der Waals surface area contributed by atoms with Crippen molar-refractivity contribution in [3.05, 3.63) is 77.4 Å². The molecule has 0 saturated heterocycles. The van der Waals surface area contributed by atoms with Gasteiger partial charge in [-0.1, -0.05) is 130 Å². The van der Waals surface area contributed by atoms with E-state index in [1.165, 1.54) is 47.9 Å². The SMILES string of the molecule is CCCCCC(C)(C)c1cc(C(C)(C)C)c(OP2Oc3ccccc3-c3ccccc32)c(C(C)(C)C)c1. The molecule has 0 saturated carbocycles. The van der Waals surface area contributed by atoms with Crippen LogP contribution < -0.4 is 14.4 Å². The maximum Gasteiger partial charge on any atom is 0.326 e. The average Bonchev–Trinajstić information content (AvgIpc) is 2.83. The minimum Gasteiger partial charge on any atom is -0.435 e. The zero-order valence-electron chi connectivity index (χ0n) is 24.4. The molecule has 0 fully saturated rings. The zero-order valence-corrected chi connectivity index (χ0v) is 25.3. The lowest BCUT2D eigenvalue weighted by Crippen LogP contribution is -2.25. The molecule has 0 bridgehead atoms. The fourth-order valence-electron chi connectivity index (χ4n) is 5.11. The molecule has 2 nitrogen and oxygen atoms in total. The summed E-state index contributed by atoms with van der Waals surface area (Å²) in [5.74, 6) is 1.89. The van der Waals surface area contributed by atoms with Gasteiger partial charge in [-0.25, -0.2) is 0 Å². The molecule has 0 aliphatic carbocycles. The lowest BCUT2D eigenvalue weighted by Gasteiger charge is -2.36. The molecule has 0 radical (unpaired) electrons. The van der Waals surface area contributed by atoms with Gasteiger partial charge in [-0.15, -0.1) is 0 Å². The van der Waals surface area contributed by atoms with Crippen LogP contribution in [0, 0.1) is 0 Å². The van der Waals surface area contributed by atoms with Crippen LogP contribution >= 0.6 is 8.38 Å². The number of hydrogen-bond donors (Lipinski definition) is 0. The monoisotopic (exact) mass is 516 g/mol. The Morgan fingerprint density at radius 2 is 1.30 bits per heavy atom. The highest BCUT2D eigenvalue weighted by atomic mass is 31.2. The number of hydrogen-bond acceptors (Lipinski definition) is 2. The van der Waals surface area contributed by atoms with Crippen molar-refractivity contribution in [3.8, 4) is 22.6 Å². The van der Waals surface area contributed by atoms with Crippen LogP contribution in [0.1, 0.15) is 105 Å². The molecule has 0 amide bonds. The van der Waals surface area contributed by atoms with Crippen molar-refractivity contribution in [1.29, 1.82) is 0 Å².